The Bertz CT molecular complexity index is 974. The second-order valence-electron chi connectivity index (χ2n) is 6.96. The molecule has 2 aromatic rings. The molecule has 2 fully saturated rings. The number of aromatic nitrogens is 1. The van der Waals surface area contributed by atoms with Crippen LogP contribution in [0.25, 0.3) is 10.9 Å². The average molecular weight is 417 g/mol. The first kappa shape index (κ1) is 19.9. The maximum absolute atomic E-state index is 14.7. The number of ether oxygens (including phenoxy) is 1. The number of hydrogen-bond donors (Lipinski definition) is 2. The average Bonchev–Trinajstić information content (AvgIpc) is 3.35. The van der Waals surface area contributed by atoms with Gasteiger partial charge in [0.05, 0.1) is 10.9 Å². The van der Waals surface area contributed by atoms with Gasteiger partial charge in [-0.15, -0.1) is 12.4 Å². The van der Waals surface area contributed by atoms with Crippen molar-refractivity contribution in [2.24, 2.45) is 5.73 Å². The molecule has 0 bridgehead atoms. The number of carboxylic acids is 1. The minimum atomic E-state index is -1.35. The number of halogens is 3. The monoisotopic (exact) mass is 416 g/mol. The molecule has 2 saturated carbocycles. The molecule has 2 aliphatic carbocycles. The summed E-state index contributed by atoms with van der Waals surface area (Å²) in [6.45, 7) is 0. The summed E-state index contributed by atoms with van der Waals surface area (Å²) in [4.78, 5) is 23.9. The molecule has 2 unspecified atom stereocenters. The Morgan fingerprint density at radius 3 is 2.59 bits per heavy atom. The Balaban J connectivity index is 0.00000210. The largest absolute Gasteiger partial charge is 0.484 e. The third-order valence-corrected chi connectivity index (χ3v) is 5.46. The van der Waals surface area contributed by atoms with E-state index in [1.54, 1.807) is 4.57 Å². The van der Waals surface area contributed by atoms with Gasteiger partial charge in [0.25, 0.3) is 0 Å². The minimum absolute atomic E-state index is 0. The summed E-state index contributed by atoms with van der Waals surface area (Å²) >= 11 is 6.44. The third kappa shape index (κ3) is 3.39. The molecule has 0 saturated heterocycles. The number of fused-ring (bicyclic) bond motifs is 1. The smallest absolute Gasteiger partial charge is 0.341 e. The molecule has 4 rings (SSSR count). The van der Waals surface area contributed by atoms with Crippen LogP contribution in [0.15, 0.2) is 17.1 Å². The lowest BCUT2D eigenvalue weighted by atomic mass is 10.1. The van der Waals surface area contributed by atoms with E-state index >= 15 is 0 Å². The highest BCUT2D eigenvalue weighted by atomic mass is 35.5. The van der Waals surface area contributed by atoms with Crippen molar-refractivity contribution >= 4 is 40.9 Å². The molecular formula is C18H19Cl2FN2O4. The van der Waals surface area contributed by atoms with Crippen LogP contribution >= 0.6 is 24.0 Å². The molecule has 0 amide bonds. The molecule has 9 heteroatoms. The number of aromatic carboxylic acids is 1. The first-order valence-corrected chi connectivity index (χ1v) is 8.98. The lowest BCUT2D eigenvalue weighted by Crippen LogP contribution is -2.34. The molecule has 2 atom stereocenters. The fraction of sp³-hybridized carbons (Fsp3) is 0.444. The van der Waals surface area contributed by atoms with Gasteiger partial charge in [-0.25, -0.2) is 9.18 Å². The van der Waals surface area contributed by atoms with E-state index in [4.69, 9.17) is 22.1 Å². The first-order chi connectivity index (χ1) is 12.4. The molecule has 27 heavy (non-hydrogen) atoms. The van der Waals surface area contributed by atoms with Gasteiger partial charge in [0, 0.05) is 18.3 Å². The van der Waals surface area contributed by atoms with Gasteiger partial charge >= 0.3 is 5.97 Å². The zero-order chi connectivity index (χ0) is 18.6. The van der Waals surface area contributed by atoms with Crippen LogP contribution in [-0.4, -0.2) is 27.8 Å². The van der Waals surface area contributed by atoms with Gasteiger partial charge < -0.3 is 20.1 Å². The van der Waals surface area contributed by atoms with E-state index in [-0.39, 0.29) is 46.8 Å². The summed E-state index contributed by atoms with van der Waals surface area (Å²) < 4.78 is 22.1. The van der Waals surface area contributed by atoms with Crippen molar-refractivity contribution in [1.82, 2.24) is 4.57 Å². The van der Waals surface area contributed by atoms with Crippen molar-refractivity contribution in [2.75, 3.05) is 0 Å². The van der Waals surface area contributed by atoms with Crippen LogP contribution in [0.3, 0.4) is 0 Å². The van der Waals surface area contributed by atoms with Crippen molar-refractivity contribution in [3.05, 3.63) is 38.9 Å². The summed E-state index contributed by atoms with van der Waals surface area (Å²) in [5.74, 6) is -2.26. The zero-order valence-electron chi connectivity index (χ0n) is 14.3. The number of carbonyl (C=O) groups is 1. The standard InChI is InChI=1S/C18H18ClFN2O4.ClH/c19-14-15-9(6-11(20)17(14)26-13-3-1-2-12(13)21)16(23)10(18(24)25)7-22(15)8-4-5-8;/h6-8,12-13H,1-5,21H2,(H,24,25);1H. The molecule has 1 aromatic heterocycles. The highest BCUT2D eigenvalue weighted by molar-refractivity contribution is 6.36. The highest BCUT2D eigenvalue weighted by Gasteiger charge is 2.32. The number of carboxylic acid groups (broad SMARTS) is 1. The Kier molecular flexibility index (Phi) is 5.38. The predicted molar refractivity (Wildman–Crippen MR) is 102 cm³/mol. The SMILES string of the molecule is Cl.NC1CCCC1Oc1c(F)cc2c(=O)c(C(=O)O)cn(C3CC3)c2c1Cl. The number of rotatable bonds is 4. The number of nitrogens with zero attached hydrogens (tertiary/aromatic N) is 1. The van der Waals surface area contributed by atoms with Gasteiger partial charge in [-0.05, 0) is 38.2 Å². The molecule has 0 spiro atoms. The summed E-state index contributed by atoms with van der Waals surface area (Å²) in [5.41, 5.74) is 5.15. The van der Waals surface area contributed by atoms with Crippen molar-refractivity contribution in [1.29, 1.82) is 0 Å². The highest BCUT2D eigenvalue weighted by Crippen LogP contribution is 2.42. The van der Waals surface area contributed by atoms with Gasteiger partial charge in [-0.3, -0.25) is 4.79 Å². The fourth-order valence-electron chi connectivity index (χ4n) is 3.58. The lowest BCUT2D eigenvalue weighted by molar-refractivity contribution is 0.0695. The van der Waals surface area contributed by atoms with Crippen LogP contribution in [-0.2, 0) is 0 Å². The van der Waals surface area contributed by atoms with Gasteiger partial charge in [-0.1, -0.05) is 11.6 Å². The van der Waals surface area contributed by atoms with E-state index in [0.29, 0.717) is 11.9 Å². The maximum Gasteiger partial charge on any atom is 0.341 e. The molecule has 1 heterocycles. The van der Waals surface area contributed by atoms with Crippen molar-refractivity contribution in [3.8, 4) is 5.75 Å². The Hall–Kier alpha value is -1.83. The van der Waals surface area contributed by atoms with Gasteiger partial charge in [0.2, 0.25) is 5.43 Å². The van der Waals surface area contributed by atoms with Gasteiger partial charge in [0.1, 0.15) is 16.7 Å². The summed E-state index contributed by atoms with van der Waals surface area (Å²) in [7, 11) is 0. The van der Waals surface area contributed by atoms with Crippen LogP contribution in [0, 0.1) is 5.82 Å². The van der Waals surface area contributed by atoms with Crippen LogP contribution in [0.2, 0.25) is 5.02 Å². The maximum atomic E-state index is 14.7. The molecule has 0 aliphatic heterocycles. The van der Waals surface area contributed by atoms with Crippen LogP contribution in [0.1, 0.15) is 48.5 Å². The Morgan fingerprint density at radius 2 is 2.04 bits per heavy atom. The molecule has 3 N–H and O–H groups in total. The molecule has 1 aromatic carbocycles. The molecule has 6 nitrogen and oxygen atoms in total. The van der Waals surface area contributed by atoms with E-state index in [9.17, 15) is 19.1 Å². The van der Waals surface area contributed by atoms with E-state index in [0.717, 1.165) is 31.7 Å². The Labute approximate surface area is 165 Å². The lowest BCUT2D eigenvalue weighted by Gasteiger charge is -2.21. The van der Waals surface area contributed by atoms with E-state index in [2.05, 4.69) is 0 Å². The number of hydrogen-bond acceptors (Lipinski definition) is 4. The van der Waals surface area contributed by atoms with Crippen LogP contribution in [0.4, 0.5) is 4.39 Å². The van der Waals surface area contributed by atoms with E-state index in [1.165, 1.54) is 6.20 Å². The minimum Gasteiger partial charge on any atom is -0.484 e. The second-order valence-corrected chi connectivity index (χ2v) is 7.34. The molecule has 0 radical (unpaired) electrons. The normalized spacial score (nSPS) is 21.9. The number of nitrogens with two attached hydrogens (primary N) is 1. The first-order valence-electron chi connectivity index (χ1n) is 8.61. The van der Waals surface area contributed by atoms with Crippen molar-refractivity contribution in [2.45, 2.75) is 50.3 Å². The zero-order valence-corrected chi connectivity index (χ0v) is 15.9. The number of pyridine rings is 1. The summed E-state index contributed by atoms with van der Waals surface area (Å²) in [6.07, 6.45) is 5.04. The third-order valence-electron chi connectivity index (χ3n) is 5.11. The van der Waals surface area contributed by atoms with E-state index < -0.39 is 22.8 Å². The van der Waals surface area contributed by atoms with Crippen molar-refractivity contribution in [3.63, 3.8) is 0 Å². The van der Waals surface area contributed by atoms with Crippen molar-refractivity contribution < 1.29 is 19.0 Å². The number of benzene rings is 1. The topological polar surface area (TPSA) is 94.6 Å². The predicted octanol–water partition coefficient (Wildman–Crippen LogP) is 3.51. The van der Waals surface area contributed by atoms with E-state index in [1.807, 2.05) is 0 Å². The molecular weight excluding hydrogens is 398 g/mol. The Morgan fingerprint density at radius 1 is 1.33 bits per heavy atom. The molecule has 146 valence electrons. The van der Waals surface area contributed by atoms with Crippen LogP contribution in [0.5, 0.6) is 5.75 Å². The fourth-order valence-corrected chi connectivity index (χ4v) is 3.91. The summed E-state index contributed by atoms with van der Waals surface area (Å²) in [5, 5.41) is 9.22. The van der Waals surface area contributed by atoms with Gasteiger partial charge in [-0.2, -0.15) is 0 Å². The van der Waals surface area contributed by atoms with Gasteiger partial charge in [0.15, 0.2) is 11.6 Å². The molecule has 2 aliphatic rings. The second kappa shape index (κ2) is 7.30. The summed E-state index contributed by atoms with van der Waals surface area (Å²) in [6, 6.07) is 0.868. The van der Waals surface area contributed by atoms with Crippen LogP contribution < -0.4 is 15.9 Å². The quantitative estimate of drug-likeness (QED) is 0.794.